The zero-order valence-corrected chi connectivity index (χ0v) is 21.6. The van der Waals surface area contributed by atoms with E-state index in [-0.39, 0.29) is 13.5 Å². The molecule has 32 heavy (non-hydrogen) atoms. The standard InChI is InChI=1S/C15H22N2OS.C8H18N2OS.CH4/c1-13-9-10-17(11-14-7-5-4-6-8-14)12-15(13)16-19(2,3)18;1-7-4-5-9-6-8(7)10-12(2,3)11;/h4-8H,9-12H2,1-3H3;7-9H,4-6H2,1-3H3;1H4. The van der Waals surface area contributed by atoms with Gasteiger partial charge in [-0.1, -0.05) is 44.7 Å². The molecule has 1 aromatic carbocycles. The Morgan fingerprint density at radius 2 is 1.75 bits per heavy atom. The molecule has 1 fully saturated rings. The van der Waals surface area contributed by atoms with E-state index in [4.69, 9.17) is 0 Å². The third-order valence-electron chi connectivity index (χ3n) is 5.42. The number of hydrogen-bond donors (Lipinski definition) is 1. The first-order valence-corrected chi connectivity index (χ1v) is 15.6. The fraction of sp³-hybridized carbons (Fsp3) is 0.667. The Labute approximate surface area is 197 Å². The van der Waals surface area contributed by atoms with Crippen molar-refractivity contribution in [1.29, 1.82) is 0 Å². The molecule has 0 bridgehead atoms. The molecule has 8 heteroatoms. The van der Waals surface area contributed by atoms with Crippen molar-refractivity contribution < 1.29 is 8.42 Å². The van der Waals surface area contributed by atoms with E-state index < -0.39 is 19.5 Å². The topological polar surface area (TPSA) is 74.1 Å². The van der Waals surface area contributed by atoms with Gasteiger partial charge in [0.2, 0.25) is 0 Å². The largest absolute Gasteiger partial charge is 0.315 e. The maximum absolute atomic E-state index is 11.8. The molecule has 2 atom stereocenters. The second-order valence-corrected chi connectivity index (χ2v) is 14.4. The lowest BCUT2D eigenvalue weighted by Crippen LogP contribution is -2.38. The molecule has 2 unspecified atom stereocenters. The molecule has 1 aromatic rings. The van der Waals surface area contributed by atoms with Gasteiger partial charge in [-0.3, -0.25) is 9.11 Å². The van der Waals surface area contributed by atoms with Gasteiger partial charge in [0.15, 0.2) is 0 Å². The molecule has 0 aromatic heterocycles. The molecule has 2 aliphatic rings. The van der Waals surface area contributed by atoms with Crippen LogP contribution in [0.15, 0.2) is 50.3 Å². The molecule has 6 nitrogen and oxygen atoms in total. The maximum atomic E-state index is 11.8. The highest BCUT2D eigenvalue weighted by atomic mass is 32.2. The van der Waals surface area contributed by atoms with Crippen LogP contribution in [0.1, 0.15) is 39.7 Å². The summed E-state index contributed by atoms with van der Waals surface area (Å²) in [6.07, 6.45) is 8.96. The first-order valence-electron chi connectivity index (χ1n) is 10.9. The minimum atomic E-state index is -2.06. The summed E-state index contributed by atoms with van der Waals surface area (Å²) >= 11 is 0. The first kappa shape index (κ1) is 28.8. The zero-order valence-electron chi connectivity index (χ0n) is 20.0. The van der Waals surface area contributed by atoms with Gasteiger partial charge in [-0.25, -0.2) is 12.9 Å². The van der Waals surface area contributed by atoms with Gasteiger partial charge in [0.1, 0.15) is 0 Å². The van der Waals surface area contributed by atoms with Gasteiger partial charge in [-0.2, -0.15) is 0 Å². The van der Waals surface area contributed by atoms with E-state index in [2.05, 4.69) is 57.1 Å². The van der Waals surface area contributed by atoms with Crippen LogP contribution in [-0.4, -0.2) is 70.6 Å². The molecule has 0 saturated carbocycles. The highest BCUT2D eigenvalue weighted by Gasteiger charge is 2.20. The molecule has 0 spiro atoms. The Hall–Kier alpha value is -1.22. The highest BCUT2D eigenvalue weighted by molar-refractivity contribution is 7.92. The van der Waals surface area contributed by atoms with Crippen molar-refractivity contribution in [2.24, 2.45) is 14.6 Å². The Kier molecular flexibility index (Phi) is 11.6. The monoisotopic (exact) mass is 484 g/mol. The summed E-state index contributed by atoms with van der Waals surface area (Å²) in [6, 6.07) is 10.7. The van der Waals surface area contributed by atoms with Crippen LogP contribution in [-0.2, 0) is 26.0 Å². The average molecular weight is 485 g/mol. The molecular formula is C24H44N4O2S2. The van der Waals surface area contributed by atoms with Gasteiger partial charge in [-0.05, 0) is 43.4 Å². The summed E-state index contributed by atoms with van der Waals surface area (Å²) in [5.41, 5.74) is 3.60. The molecule has 1 saturated heterocycles. The SMILES string of the molecule is C.CC1=C(N=S(C)(C)=O)CN(Cc2ccccc2)CC1.CC1CCNCC1N=S(C)(C)=O. The predicted octanol–water partition coefficient (Wildman–Crippen LogP) is 4.24. The van der Waals surface area contributed by atoms with Crippen molar-refractivity contribution in [3.8, 4) is 0 Å². The number of nitrogens with zero attached hydrogens (tertiary/aromatic N) is 3. The molecule has 2 aliphatic heterocycles. The van der Waals surface area contributed by atoms with Crippen molar-refractivity contribution in [3.63, 3.8) is 0 Å². The Morgan fingerprint density at radius 3 is 2.31 bits per heavy atom. The molecule has 0 radical (unpaired) electrons. The number of benzene rings is 1. The Balaban J connectivity index is 0.000000342. The van der Waals surface area contributed by atoms with Crippen LogP contribution in [0, 0.1) is 5.92 Å². The molecule has 0 aliphatic carbocycles. The Morgan fingerprint density at radius 1 is 1.09 bits per heavy atom. The summed E-state index contributed by atoms with van der Waals surface area (Å²) in [4.78, 5) is 2.37. The van der Waals surface area contributed by atoms with Gasteiger partial charge in [0.05, 0.1) is 11.7 Å². The van der Waals surface area contributed by atoms with Gasteiger partial charge >= 0.3 is 0 Å². The lowest BCUT2D eigenvalue weighted by Gasteiger charge is -2.28. The van der Waals surface area contributed by atoms with Crippen molar-refractivity contribution in [2.45, 2.75) is 46.7 Å². The summed E-state index contributed by atoms with van der Waals surface area (Å²) in [7, 11) is -3.98. The van der Waals surface area contributed by atoms with Gasteiger partial charge in [-0.15, -0.1) is 0 Å². The quantitative estimate of drug-likeness (QED) is 0.694. The minimum Gasteiger partial charge on any atom is -0.315 e. The minimum absolute atomic E-state index is 0. The van der Waals surface area contributed by atoms with Crippen molar-refractivity contribution in [3.05, 3.63) is 47.2 Å². The van der Waals surface area contributed by atoms with Gasteiger partial charge in [0.25, 0.3) is 0 Å². The first-order chi connectivity index (χ1) is 14.4. The third kappa shape index (κ3) is 11.1. The van der Waals surface area contributed by atoms with Crippen LogP contribution >= 0.6 is 0 Å². The second kappa shape index (κ2) is 12.9. The van der Waals surface area contributed by atoms with Gasteiger partial charge in [0, 0.05) is 70.7 Å². The molecule has 0 amide bonds. The van der Waals surface area contributed by atoms with E-state index >= 15 is 0 Å². The summed E-state index contributed by atoms with van der Waals surface area (Å²) in [6.45, 7) is 9.03. The van der Waals surface area contributed by atoms with Crippen LogP contribution < -0.4 is 5.32 Å². The van der Waals surface area contributed by atoms with Crippen LogP contribution in [0.2, 0.25) is 0 Å². The van der Waals surface area contributed by atoms with E-state index in [0.29, 0.717) is 5.92 Å². The third-order valence-corrected chi connectivity index (χ3v) is 6.86. The normalized spacial score (nSPS) is 22.3. The zero-order chi connectivity index (χ0) is 23.1. The number of rotatable bonds is 4. The van der Waals surface area contributed by atoms with E-state index in [9.17, 15) is 8.42 Å². The fourth-order valence-corrected chi connectivity index (χ4v) is 5.36. The second-order valence-electron chi connectivity index (χ2n) is 9.27. The number of hydrogen-bond acceptors (Lipinski definition) is 6. The van der Waals surface area contributed by atoms with E-state index in [1.165, 1.54) is 11.1 Å². The average Bonchev–Trinajstić information content (AvgIpc) is 2.66. The maximum Gasteiger partial charge on any atom is 0.0744 e. The van der Waals surface area contributed by atoms with Crippen LogP contribution in [0.3, 0.4) is 0 Å². The van der Waals surface area contributed by atoms with Crippen molar-refractivity contribution in [1.82, 2.24) is 10.2 Å². The van der Waals surface area contributed by atoms with Crippen molar-refractivity contribution in [2.75, 3.05) is 51.2 Å². The highest BCUT2D eigenvalue weighted by Crippen LogP contribution is 2.21. The number of nitrogens with one attached hydrogen (secondary N) is 1. The molecule has 2 heterocycles. The lowest BCUT2D eigenvalue weighted by molar-refractivity contribution is 0.276. The fourth-order valence-electron chi connectivity index (χ4n) is 3.69. The Bertz CT molecular complexity index is 973. The van der Waals surface area contributed by atoms with Crippen molar-refractivity contribution >= 4 is 19.5 Å². The van der Waals surface area contributed by atoms with Crippen LogP contribution in [0.25, 0.3) is 0 Å². The van der Waals surface area contributed by atoms with E-state index in [0.717, 1.165) is 51.3 Å². The molecule has 184 valence electrons. The summed E-state index contributed by atoms with van der Waals surface area (Å²) < 4.78 is 32.0. The smallest absolute Gasteiger partial charge is 0.0744 e. The number of piperidine rings is 1. The molecular weight excluding hydrogens is 440 g/mol. The summed E-state index contributed by atoms with van der Waals surface area (Å²) in [5.74, 6) is 0.576. The lowest BCUT2D eigenvalue weighted by atomic mass is 9.96. The van der Waals surface area contributed by atoms with E-state index in [1.54, 1.807) is 25.0 Å². The van der Waals surface area contributed by atoms with Crippen LogP contribution in [0.5, 0.6) is 0 Å². The summed E-state index contributed by atoms with van der Waals surface area (Å²) in [5, 5.41) is 3.27. The molecule has 1 N–H and O–H groups in total. The predicted molar refractivity (Wildman–Crippen MR) is 141 cm³/mol. The molecule has 3 rings (SSSR count). The van der Waals surface area contributed by atoms with Crippen LogP contribution in [0.4, 0.5) is 0 Å². The van der Waals surface area contributed by atoms with Gasteiger partial charge < -0.3 is 5.32 Å². The van der Waals surface area contributed by atoms with E-state index in [1.807, 2.05) is 6.07 Å².